The molecule has 19 heavy (non-hydrogen) atoms. The fourth-order valence-corrected chi connectivity index (χ4v) is 1.92. The molecular formula is C11H18F3N3O2. The first-order valence-electron chi connectivity index (χ1n) is 6.09. The van der Waals surface area contributed by atoms with E-state index in [4.69, 9.17) is 0 Å². The third kappa shape index (κ3) is 5.91. The maximum Gasteiger partial charge on any atom is 0.405 e. The molecular weight excluding hydrogens is 263 g/mol. The molecule has 8 heteroatoms. The van der Waals surface area contributed by atoms with Crippen molar-refractivity contribution < 1.29 is 22.8 Å². The summed E-state index contributed by atoms with van der Waals surface area (Å²) in [6, 6.07) is 0. The summed E-state index contributed by atoms with van der Waals surface area (Å²) in [6.07, 6.45) is -2.82. The summed E-state index contributed by atoms with van der Waals surface area (Å²) >= 11 is 0. The zero-order valence-corrected chi connectivity index (χ0v) is 10.7. The summed E-state index contributed by atoms with van der Waals surface area (Å²) in [5, 5.41) is 4.81. The van der Waals surface area contributed by atoms with Gasteiger partial charge in [-0.15, -0.1) is 0 Å². The second kappa shape index (κ2) is 6.74. The molecule has 2 amide bonds. The lowest BCUT2D eigenvalue weighted by Gasteiger charge is -2.26. The number of carbonyl (C=O) groups is 2. The third-order valence-electron chi connectivity index (χ3n) is 2.89. The van der Waals surface area contributed by atoms with Crippen LogP contribution in [-0.2, 0) is 9.59 Å². The van der Waals surface area contributed by atoms with Crippen molar-refractivity contribution in [2.45, 2.75) is 19.0 Å². The highest BCUT2D eigenvalue weighted by Gasteiger charge is 2.29. The number of amides is 2. The fraction of sp³-hybridized carbons (Fsp3) is 0.818. The quantitative estimate of drug-likeness (QED) is 0.769. The van der Waals surface area contributed by atoms with Crippen LogP contribution in [-0.4, -0.2) is 56.1 Å². The van der Waals surface area contributed by atoms with Gasteiger partial charge in [0.1, 0.15) is 6.54 Å². The topological polar surface area (TPSA) is 61.4 Å². The van der Waals surface area contributed by atoms with E-state index in [1.807, 2.05) is 0 Å². The zero-order chi connectivity index (χ0) is 14.5. The highest BCUT2D eigenvalue weighted by atomic mass is 19.4. The molecule has 2 N–H and O–H groups in total. The summed E-state index contributed by atoms with van der Waals surface area (Å²) in [5.74, 6) is -1.22. The smallest absolute Gasteiger partial charge is 0.345 e. The van der Waals surface area contributed by atoms with Gasteiger partial charge in [-0.05, 0) is 19.4 Å². The maximum atomic E-state index is 11.9. The molecule has 5 nitrogen and oxygen atoms in total. The average molecular weight is 281 g/mol. The number of carbonyl (C=O) groups excluding carboxylic acids is 2. The number of nitrogens with one attached hydrogen (secondary N) is 2. The monoisotopic (exact) mass is 281 g/mol. The second-order valence-corrected chi connectivity index (χ2v) is 4.63. The van der Waals surface area contributed by atoms with Gasteiger partial charge in [-0.25, -0.2) is 0 Å². The molecule has 1 rings (SSSR count). The number of halogens is 3. The van der Waals surface area contributed by atoms with Crippen LogP contribution in [0.3, 0.4) is 0 Å². The van der Waals surface area contributed by atoms with Crippen LogP contribution < -0.4 is 10.6 Å². The lowest BCUT2D eigenvalue weighted by atomic mass is 9.98. The Morgan fingerprint density at radius 1 is 1.42 bits per heavy atom. The molecule has 1 fully saturated rings. The lowest BCUT2D eigenvalue weighted by molar-refractivity contribution is -0.143. The molecule has 0 bridgehead atoms. The highest BCUT2D eigenvalue weighted by Crippen LogP contribution is 2.13. The number of nitrogens with zero attached hydrogens (tertiary/aromatic N) is 1. The van der Waals surface area contributed by atoms with Crippen molar-refractivity contribution in [1.82, 2.24) is 15.5 Å². The van der Waals surface area contributed by atoms with E-state index in [0.29, 0.717) is 6.54 Å². The molecule has 0 aromatic heterocycles. The van der Waals surface area contributed by atoms with E-state index < -0.39 is 18.6 Å². The van der Waals surface area contributed by atoms with E-state index in [1.165, 1.54) is 11.9 Å². The van der Waals surface area contributed by atoms with E-state index in [2.05, 4.69) is 5.32 Å². The van der Waals surface area contributed by atoms with Gasteiger partial charge in [0.2, 0.25) is 11.8 Å². The van der Waals surface area contributed by atoms with E-state index in [1.54, 1.807) is 5.32 Å². The third-order valence-corrected chi connectivity index (χ3v) is 2.89. The van der Waals surface area contributed by atoms with Crippen molar-refractivity contribution in [2.24, 2.45) is 5.92 Å². The van der Waals surface area contributed by atoms with Gasteiger partial charge in [0, 0.05) is 13.6 Å². The predicted octanol–water partition coefficient (Wildman–Crippen LogP) is 0.123. The van der Waals surface area contributed by atoms with Gasteiger partial charge < -0.3 is 15.5 Å². The Bertz CT molecular complexity index is 328. The van der Waals surface area contributed by atoms with Gasteiger partial charge >= 0.3 is 6.18 Å². The van der Waals surface area contributed by atoms with Gasteiger partial charge in [-0.2, -0.15) is 13.2 Å². The normalized spacial score (nSPS) is 19.9. The van der Waals surface area contributed by atoms with Crippen molar-refractivity contribution in [3.63, 3.8) is 0 Å². The van der Waals surface area contributed by atoms with Crippen LogP contribution in [0.15, 0.2) is 0 Å². The Kier molecular flexibility index (Phi) is 5.59. The van der Waals surface area contributed by atoms with Crippen LogP contribution in [0.2, 0.25) is 0 Å². The minimum absolute atomic E-state index is 0.200. The largest absolute Gasteiger partial charge is 0.405 e. The Hall–Kier alpha value is -1.31. The average Bonchev–Trinajstić information content (AvgIpc) is 2.35. The number of hydrogen-bond acceptors (Lipinski definition) is 3. The lowest BCUT2D eigenvalue weighted by Crippen LogP contribution is -2.46. The molecule has 0 spiro atoms. The van der Waals surface area contributed by atoms with Gasteiger partial charge in [0.15, 0.2) is 0 Å². The highest BCUT2D eigenvalue weighted by molar-refractivity contribution is 5.85. The van der Waals surface area contributed by atoms with Crippen LogP contribution in [0.4, 0.5) is 13.2 Å². The van der Waals surface area contributed by atoms with E-state index in [-0.39, 0.29) is 18.4 Å². The van der Waals surface area contributed by atoms with Crippen molar-refractivity contribution in [3.8, 4) is 0 Å². The molecule has 0 saturated carbocycles. The molecule has 1 atom stereocenters. The van der Waals surface area contributed by atoms with Crippen molar-refractivity contribution in [3.05, 3.63) is 0 Å². The number of rotatable bonds is 4. The molecule has 1 aliphatic rings. The Balaban J connectivity index is 2.34. The molecule has 0 unspecified atom stereocenters. The van der Waals surface area contributed by atoms with Gasteiger partial charge in [0.05, 0.1) is 12.5 Å². The molecule has 110 valence electrons. The molecule has 1 heterocycles. The van der Waals surface area contributed by atoms with E-state index >= 15 is 0 Å². The van der Waals surface area contributed by atoms with Crippen LogP contribution in [0.1, 0.15) is 12.8 Å². The second-order valence-electron chi connectivity index (χ2n) is 4.63. The molecule has 1 aliphatic heterocycles. The number of piperidine rings is 1. The zero-order valence-electron chi connectivity index (χ0n) is 10.7. The first kappa shape index (κ1) is 15.7. The summed E-state index contributed by atoms with van der Waals surface area (Å²) in [7, 11) is 1.42. The minimum atomic E-state index is -4.44. The standard InChI is InChI=1S/C11H18F3N3O2/c1-17(6-9(18)16-7-11(12,13)14)10(19)8-3-2-4-15-5-8/h8,15H,2-7H2,1H3,(H,16,18)/t8-/m1/s1. The molecule has 0 radical (unpaired) electrons. The van der Waals surface area contributed by atoms with E-state index in [9.17, 15) is 22.8 Å². The molecule has 1 saturated heterocycles. The van der Waals surface area contributed by atoms with Crippen LogP contribution in [0.5, 0.6) is 0 Å². The Labute approximate surface area is 109 Å². The summed E-state index contributed by atoms with van der Waals surface area (Å²) in [4.78, 5) is 24.4. The first-order chi connectivity index (χ1) is 8.79. The fourth-order valence-electron chi connectivity index (χ4n) is 1.92. The number of hydrogen-bond donors (Lipinski definition) is 2. The van der Waals surface area contributed by atoms with Gasteiger partial charge in [-0.3, -0.25) is 9.59 Å². The first-order valence-corrected chi connectivity index (χ1v) is 6.09. The van der Waals surface area contributed by atoms with Gasteiger partial charge in [0.25, 0.3) is 0 Å². The summed E-state index contributed by atoms with van der Waals surface area (Å²) in [6.45, 7) is -0.322. The van der Waals surface area contributed by atoms with Gasteiger partial charge in [-0.1, -0.05) is 0 Å². The summed E-state index contributed by atoms with van der Waals surface area (Å²) < 4.78 is 35.7. The van der Waals surface area contributed by atoms with Crippen LogP contribution in [0, 0.1) is 5.92 Å². The Morgan fingerprint density at radius 3 is 2.63 bits per heavy atom. The van der Waals surface area contributed by atoms with Crippen molar-refractivity contribution >= 4 is 11.8 Å². The SMILES string of the molecule is CN(CC(=O)NCC(F)(F)F)C(=O)[C@@H]1CCCNC1. The molecule has 0 aromatic rings. The number of alkyl halides is 3. The predicted molar refractivity (Wildman–Crippen MR) is 62.3 cm³/mol. The van der Waals surface area contributed by atoms with Crippen molar-refractivity contribution in [1.29, 1.82) is 0 Å². The van der Waals surface area contributed by atoms with E-state index in [0.717, 1.165) is 19.4 Å². The maximum absolute atomic E-state index is 11.9. The summed E-state index contributed by atoms with van der Waals surface area (Å²) in [5.41, 5.74) is 0. The van der Waals surface area contributed by atoms with Crippen LogP contribution in [0.25, 0.3) is 0 Å². The molecule has 0 aromatic carbocycles. The Morgan fingerprint density at radius 2 is 2.11 bits per heavy atom. The molecule has 0 aliphatic carbocycles. The minimum Gasteiger partial charge on any atom is -0.345 e. The van der Waals surface area contributed by atoms with Crippen molar-refractivity contribution in [2.75, 3.05) is 33.2 Å². The van der Waals surface area contributed by atoms with Crippen LogP contribution >= 0.6 is 0 Å². The number of likely N-dealkylation sites (N-methyl/N-ethyl adjacent to an activating group) is 1.